The van der Waals surface area contributed by atoms with Gasteiger partial charge < -0.3 is 10.6 Å². The number of hydrogen-bond donors (Lipinski definition) is 1. The molecule has 1 aromatic heterocycles. The molecule has 0 saturated heterocycles. The summed E-state index contributed by atoms with van der Waals surface area (Å²) < 4.78 is 0. The molecule has 100 valence electrons. The summed E-state index contributed by atoms with van der Waals surface area (Å²) in [6.07, 6.45) is 4.75. The normalized spacial score (nSPS) is 10.3. The minimum atomic E-state index is 0.364. The largest absolute Gasteiger partial charge is 0.388 e. The van der Waals surface area contributed by atoms with Gasteiger partial charge in [-0.05, 0) is 25.0 Å². The van der Waals surface area contributed by atoms with Gasteiger partial charge in [-0.2, -0.15) is 0 Å². The standard InChI is InChI=1S/C14H23N3S/c1-3-5-10-17(11-6-4-2)13-9-7-8-12(16-13)14(15)18/h7-9H,3-6,10-11H2,1-2H3,(H2,15,18). The lowest BCUT2D eigenvalue weighted by Gasteiger charge is -2.23. The fraction of sp³-hybridized carbons (Fsp3) is 0.571. The first-order valence-corrected chi connectivity index (χ1v) is 7.11. The van der Waals surface area contributed by atoms with E-state index in [1.165, 1.54) is 25.7 Å². The second-order valence-electron chi connectivity index (χ2n) is 4.44. The summed E-state index contributed by atoms with van der Waals surface area (Å²) in [5.41, 5.74) is 6.34. The van der Waals surface area contributed by atoms with Gasteiger partial charge in [0.1, 0.15) is 10.8 Å². The summed E-state index contributed by atoms with van der Waals surface area (Å²) in [5, 5.41) is 0. The Labute approximate surface area is 115 Å². The number of nitrogens with zero attached hydrogens (tertiary/aromatic N) is 2. The van der Waals surface area contributed by atoms with Crippen LogP contribution in [0.4, 0.5) is 5.82 Å². The number of thiocarbonyl (C=S) groups is 1. The molecule has 0 radical (unpaired) electrons. The Balaban J connectivity index is 2.82. The van der Waals surface area contributed by atoms with Crippen molar-refractivity contribution in [2.45, 2.75) is 39.5 Å². The van der Waals surface area contributed by atoms with E-state index < -0.39 is 0 Å². The van der Waals surface area contributed by atoms with E-state index in [2.05, 4.69) is 23.7 Å². The van der Waals surface area contributed by atoms with E-state index in [9.17, 15) is 0 Å². The first-order valence-electron chi connectivity index (χ1n) is 6.70. The van der Waals surface area contributed by atoms with Crippen molar-refractivity contribution in [3.63, 3.8) is 0 Å². The Bertz CT molecular complexity index is 371. The minimum Gasteiger partial charge on any atom is -0.388 e. The van der Waals surface area contributed by atoms with Crippen molar-refractivity contribution in [2.24, 2.45) is 5.73 Å². The second-order valence-corrected chi connectivity index (χ2v) is 4.88. The first kappa shape index (κ1) is 14.9. The molecule has 0 amide bonds. The number of anilines is 1. The van der Waals surface area contributed by atoms with Crippen molar-refractivity contribution in [3.05, 3.63) is 23.9 Å². The molecular formula is C14H23N3S. The van der Waals surface area contributed by atoms with Crippen LogP contribution < -0.4 is 10.6 Å². The SMILES string of the molecule is CCCCN(CCCC)c1cccc(C(N)=S)n1. The summed E-state index contributed by atoms with van der Waals surface area (Å²) in [6, 6.07) is 5.87. The van der Waals surface area contributed by atoms with Gasteiger partial charge in [-0.3, -0.25) is 0 Å². The van der Waals surface area contributed by atoms with E-state index >= 15 is 0 Å². The maximum Gasteiger partial charge on any atom is 0.129 e. The van der Waals surface area contributed by atoms with Gasteiger partial charge >= 0.3 is 0 Å². The van der Waals surface area contributed by atoms with Crippen LogP contribution >= 0.6 is 12.2 Å². The molecule has 1 rings (SSSR count). The molecule has 1 aromatic rings. The van der Waals surface area contributed by atoms with Crippen LogP contribution in [0, 0.1) is 0 Å². The monoisotopic (exact) mass is 265 g/mol. The van der Waals surface area contributed by atoms with Crippen molar-refractivity contribution in [1.82, 2.24) is 4.98 Å². The number of rotatable bonds is 8. The van der Waals surface area contributed by atoms with Crippen LogP contribution in [0.25, 0.3) is 0 Å². The molecule has 0 bridgehead atoms. The van der Waals surface area contributed by atoms with E-state index in [-0.39, 0.29) is 0 Å². The van der Waals surface area contributed by atoms with Crippen molar-refractivity contribution >= 4 is 23.0 Å². The maximum atomic E-state index is 5.63. The highest BCUT2D eigenvalue weighted by Crippen LogP contribution is 2.13. The predicted molar refractivity (Wildman–Crippen MR) is 82.2 cm³/mol. The molecule has 3 nitrogen and oxygen atoms in total. The van der Waals surface area contributed by atoms with E-state index in [1.54, 1.807) is 0 Å². The Morgan fingerprint density at radius 1 is 1.22 bits per heavy atom. The molecule has 0 aliphatic heterocycles. The average molecular weight is 265 g/mol. The molecule has 0 aliphatic rings. The Morgan fingerprint density at radius 3 is 2.33 bits per heavy atom. The minimum absolute atomic E-state index is 0.364. The maximum absolute atomic E-state index is 5.63. The highest BCUT2D eigenvalue weighted by molar-refractivity contribution is 7.80. The Kier molecular flexibility index (Phi) is 6.65. The molecule has 0 aromatic carbocycles. The van der Waals surface area contributed by atoms with Crippen LogP contribution in [0.15, 0.2) is 18.2 Å². The highest BCUT2D eigenvalue weighted by Gasteiger charge is 2.08. The van der Waals surface area contributed by atoms with Gasteiger partial charge in [0.15, 0.2) is 0 Å². The number of unbranched alkanes of at least 4 members (excludes halogenated alkanes) is 2. The molecule has 0 fully saturated rings. The van der Waals surface area contributed by atoms with E-state index in [0.29, 0.717) is 10.7 Å². The smallest absolute Gasteiger partial charge is 0.129 e. The molecule has 1 heterocycles. The van der Waals surface area contributed by atoms with Crippen LogP contribution in [-0.4, -0.2) is 23.1 Å². The number of aromatic nitrogens is 1. The molecule has 2 N–H and O–H groups in total. The molecule has 4 heteroatoms. The van der Waals surface area contributed by atoms with Gasteiger partial charge in [0, 0.05) is 13.1 Å². The van der Waals surface area contributed by atoms with Gasteiger partial charge in [-0.25, -0.2) is 4.98 Å². The third kappa shape index (κ3) is 4.61. The number of nitrogens with two attached hydrogens (primary N) is 1. The molecule has 0 atom stereocenters. The quantitative estimate of drug-likeness (QED) is 0.733. The lowest BCUT2D eigenvalue weighted by Crippen LogP contribution is -2.27. The van der Waals surface area contributed by atoms with E-state index in [4.69, 9.17) is 18.0 Å². The molecule has 0 saturated carbocycles. The van der Waals surface area contributed by atoms with Crippen LogP contribution in [0.5, 0.6) is 0 Å². The van der Waals surface area contributed by atoms with Crippen molar-refractivity contribution in [3.8, 4) is 0 Å². The molecule has 0 aliphatic carbocycles. The number of pyridine rings is 1. The average Bonchev–Trinajstić information content (AvgIpc) is 2.39. The Morgan fingerprint density at radius 2 is 1.83 bits per heavy atom. The fourth-order valence-electron chi connectivity index (χ4n) is 1.78. The molecule has 0 spiro atoms. The lowest BCUT2D eigenvalue weighted by atomic mass is 10.2. The van der Waals surface area contributed by atoms with Crippen molar-refractivity contribution in [2.75, 3.05) is 18.0 Å². The third-order valence-corrected chi connectivity index (χ3v) is 3.08. The van der Waals surface area contributed by atoms with Crippen LogP contribution in [0.1, 0.15) is 45.2 Å². The third-order valence-electron chi connectivity index (χ3n) is 2.87. The van der Waals surface area contributed by atoms with Crippen LogP contribution in [-0.2, 0) is 0 Å². The molecule has 0 unspecified atom stereocenters. The summed E-state index contributed by atoms with van der Waals surface area (Å²) in [4.78, 5) is 7.23. The van der Waals surface area contributed by atoms with Gasteiger partial charge in [-0.1, -0.05) is 45.0 Å². The van der Waals surface area contributed by atoms with Crippen LogP contribution in [0.3, 0.4) is 0 Å². The topological polar surface area (TPSA) is 42.1 Å². The Hall–Kier alpha value is -1.16. The summed E-state index contributed by atoms with van der Waals surface area (Å²) in [5.74, 6) is 0.988. The van der Waals surface area contributed by atoms with Gasteiger partial charge in [0.05, 0.1) is 5.69 Å². The molecule has 18 heavy (non-hydrogen) atoms. The zero-order valence-corrected chi connectivity index (χ0v) is 12.2. The van der Waals surface area contributed by atoms with E-state index in [1.807, 2.05) is 18.2 Å². The summed E-state index contributed by atoms with van der Waals surface area (Å²) in [6.45, 7) is 6.50. The zero-order chi connectivity index (χ0) is 13.4. The second kappa shape index (κ2) is 8.03. The molecular weight excluding hydrogens is 242 g/mol. The van der Waals surface area contributed by atoms with Crippen molar-refractivity contribution in [1.29, 1.82) is 0 Å². The van der Waals surface area contributed by atoms with Gasteiger partial charge in [0.2, 0.25) is 0 Å². The van der Waals surface area contributed by atoms with Crippen LogP contribution in [0.2, 0.25) is 0 Å². The van der Waals surface area contributed by atoms with Gasteiger partial charge in [-0.15, -0.1) is 0 Å². The predicted octanol–water partition coefficient (Wildman–Crippen LogP) is 3.12. The number of hydrogen-bond acceptors (Lipinski definition) is 3. The summed E-state index contributed by atoms with van der Waals surface area (Å²) in [7, 11) is 0. The zero-order valence-electron chi connectivity index (χ0n) is 11.4. The first-order chi connectivity index (χ1) is 8.69. The van der Waals surface area contributed by atoms with Gasteiger partial charge in [0.25, 0.3) is 0 Å². The lowest BCUT2D eigenvalue weighted by molar-refractivity contribution is 0.671. The highest BCUT2D eigenvalue weighted by atomic mass is 32.1. The van der Waals surface area contributed by atoms with E-state index in [0.717, 1.165) is 18.9 Å². The summed E-state index contributed by atoms with van der Waals surface area (Å²) >= 11 is 4.98. The fourth-order valence-corrected chi connectivity index (χ4v) is 1.89. The van der Waals surface area contributed by atoms with Crippen molar-refractivity contribution < 1.29 is 0 Å².